The van der Waals surface area contributed by atoms with Gasteiger partial charge in [0.2, 0.25) is 0 Å². The molecule has 0 fully saturated rings. The van der Waals surface area contributed by atoms with Crippen LogP contribution in [0.5, 0.6) is 11.5 Å². The smallest absolute Gasteiger partial charge is 0.145 e. The Balaban J connectivity index is 2.11. The second-order valence-electron chi connectivity index (χ2n) is 5.93. The van der Waals surface area contributed by atoms with Crippen molar-refractivity contribution in [2.24, 2.45) is 5.73 Å². The molecule has 0 unspecified atom stereocenters. The lowest BCUT2D eigenvalue weighted by atomic mass is 9.82. The highest BCUT2D eigenvalue weighted by Gasteiger charge is 2.17. The SMILES string of the molecule is CCC(C)(C)c1ccc(Oc2cncc(CCN)c2)cc1. The summed E-state index contributed by atoms with van der Waals surface area (Å²) in [7, 11) is 0. The van der Waals surface area contributed by atoms with E-state index in [2.05, 4.69) is 37.9 Å². The number of aromatic nitrogens is 1. The summed E-state index contributed by atoms with van der Waals surface area (Å²) in [5.74, 6) is 1.58. The van der Waals surface area contributed by atoms with Crippen molar-refractivity contribution < 1.29 is 4.74 Å². The Morgan fingerprint density at radius 2 is 1.81 bits per heavy atom. The van der Waals surface area contributed by atoms with E-state index in [1.54, 1.807) is 6.20 Å². The van der Waals surface area contributed by atoms with Crippen molar-refractivity contribution in [2.45, 2.75) is 39.0 Å². The van der Waals surface area contributed by atoms with Gasteiger partial charge < -0.3 is 10.5 Å². The Morgan fingerprint density at radius 3 is 2.43 bits per heavy atom. The van der Waals surface area contributed by atoms with Crippen LogP contribution in [0.4, 0.5) is 0 Å². The van der Waals surface area contributed by atoms with Gasteiger partial charge in [0.05, 0.1) is 6.20 Å². The van der Waals surface area contributed by atoms with Crippen LogP contribution < -0.4 is 10.5 Å². The van der Waals surface area contributed by atoms with Crippen molar-refractivity contribution in [3.8, 4) is 11.5 Å². The van der Waals surface area contributed by atoms with E-state index in [0.717, 1.165) is 29.9 Å². The zero-order chi connectivity index (χ0) is 15.3. The van der Waals surface area contributed by atoms with E-state index in [1.165, 1.54) is 5.56 Å². The number of nitrogens with zero attached hydrogens (tertiary/aromatic N) is 1. The minimum Gasteiger partial charge on any atom is -0.456 e. The van der Waals surface area contributed by atoms with Crippen molar-refractivity contribution in [3.63, 3.8) is 0 Å². The first-order valence-electron chi connectivity index (χ1n) is 7.47. The molecule has 0 amide bonds. The molecule has 1 aromatic heterocycles. The maximum absolute atomic E-state index is 5.86. The highest BCUT2D eigenvalue weighted by atomic mass is 16.5. The van der Waals surface area contributed by atoms with Crippen LogP contribution >= 0.6 is 0 Å². The van der Waals surface area contributed by atoms with E-state index < -0.39 is 0 Å². The quantitative estimate of drug-likeness (QED) is 0.870. The molecule has 112 valence electrons. The van der Waals surface area contributed by atoms with Gasteiger partial charge in [0.25, 0.3) is 0 Å². The molecule has 1 aromatic carbocycles. The fraction of sp³-hybridized carbons (Fsp3) is 0.389. The first kappa shape index (κ1) is 15.5. The largest absolute Gasteiger partial charge is 0.456 e. The molecule has 2 rings (SSSR count). The standard InChI is InChI=1S/C18H24N2O/c1-4-18(2,3)15-5-7-16(8-6-15)21-17-11-14(9-10-19)12-20-13-17/h5-8,11-13H,4,9-10,19H2,1-3H3. The third-order valence-corrected chi connectivity index (χ3v) is 3.96. The fourth-order valence-corrected chi connectivity index (χ4v) is 2.14. The summed E-state index contributed by atoms with van der Waals surface area (Å²) in [6.07, 6.45) is 5.47. The van der Waals surface area contributed by atoms with Crippen LogP contribution in [0.15, 0.2) is 42.7 Å². The molecule has 2 aromatic rings. The minimum atomic E-state index is 0.196. The van der Waals surface area contributed by atoms with Crippen molar-refractivity contribution in [3.05, 3.63) is 53.9 Å². The lowest BCUT2D eigenvalue weighted by Gasteiger charge is -2.23. The van der Waals surface area contributed by atoms with Gasteiger partial charge in [-0.15, -0.1) is 0 Å². The van der Waals surface area contributed by atoms with E-state index in [1.807, 2.05) is 24.4 Å². The van der Waals surface area contributed by atoms with Gasteiger partial charge in [0, 0.05) is 6.20 Å². The number of ether oxygens (including phenoxy) is 1. The number of hydrogen-bond donors (Lipinski definition) is 1. The maximum atomic E-state index is 5.86. The summed E-state index contributed by atoms with van der Waals surface area (Å²) in [5, 5.41) is 0. The Morgan fingerprint density at radius 1 is 1.10 bits per heavy atom. The van der Waals surface area contributed by atoms with E-state index in [-0.39, 0.29) is 5.41 Å². The van der Waals surface area contributed by atoms with Crippen LogP contribution in [0.2, 0.25) is 0 Å². The third kappa shape index (κ3) is 4.05. The van der Waals surface area contributed by atoms with Gasteiger partial charge in [-0.25, -0.2) is 0 Å². The maximum Gasteiger partial charge on any atom is 0.145 e. The van der Waals surface area contributed by atoms with Crippen molar-refractivity contribution in [2.75, 3.05) is 6.54 Å². The average Bonchev–Trinajstić information content (AvgIpc) is 2.48. The molecule has 0 bridgehead atoms. The summed E-state index contributed by atoms with van der Waals surface area (Å²) < 4.78 is 5.86. The summed E-state index contributed by atoms with van der Waals surface area (Å²) in [5.41, 5.74) is 8.18. The Bertz CT molecular complexity index is 576. The van der Waals surface area contributed by atoms with Gasteiger partial charge in [-0.1, -0.05) is 32.9 Å². The van der Waals surface area contributed by atoms with Crippen LogP contribution in [0, 0.1) is 0 Å². The molecule has 0 radical (unpaired) electrons. The van der Waals surface area contributed by atoms with E-state index in [0.29, 0.717) is 6.54 Å². The van der Waals surface area contributed by atoms with Crippen LogP contribution in [-0.4, -0.2) is 11.5 Å². The van der Waals surface area contributed by atoms with E-state index in [9.17, 15) is 0 Å². The van der Waals surface area contributed by atoms with Gasteiger partial charge in [-0.2, -0.15) is 0 Å². The number of rotatable bonds is 6. The predicted molar refractivity (Wildman–Crippen MR) is 86.8 cm³/mol. The van der Waals surface area contributed by atoms with Crippen LogP contribution in [0.3, 0.4) is 0 Å². The summed E-state index contributed by atoms with van der Waals surface area (Å²) >= 11 is 0. The van der Waals surface area contributed by atoms with Crippen molar-refractivity contribution in [1.29, 1.82) is 0 Å². The van der Waals surface area contributed by atoms with E-state index in [4.69, 9.17) is 10.5 Å². The zero-order valence-corrected chi connectivity index (χ0v) is 13.1. The molecule has 0 aliphatic carbocycles. The molecule has 0 aliphatic rings. The highest BCUT2D eigenvalue weighted by Crippen LogP contribution is 2.29. The van der Waals surface area contributed by atoms with Gasteiger partial charge in [0.1, 0.15) is 11.5 Å². The molecule has 0 saturated carbocycles. The minimum absolute atomic E-state index is 0.196. The topological polar surface area (TPSA) is 48.1 Å². The Hall–Kier alpha value is -1.87. The molecule has 21 heavy (non-hydrogen) atoms. The number of pyridine rings is 1. The van der Waals surface area contributed by atoms with Gasteiger partial charge in [0.15, 0.2) is 0 Å². The van der Waals surface area contributed by atoms with Crippen LogP contribution in [-0.2, 0) is 11.8 Å². The first-order chi connectivity index (χ1) is 10.0. The molecule has 2 N–H and O–H groups in total. The first-order valence-corrected chi connectivity index (χ1v) is 7.47. The zero-order valence-electron chi connectivity index (χ0n) is 13.1. The predicted octanol–water partition coefficient (Wildman–Crippen LogP) is 4.06. The molecule has 0 atom stereocenters. The summed E-state index contributed by atoms with van der Waals surface area (Å²) in [4.78, 5) is 4.19. The monoisotopic (exact) mass is 284 g/mol. The molecule has 3 heteroatoms. The highest BCUT2D eigenvalue weighted by molar-refractivity contribution is 5.35. The van der Waals surface area contributed by atoms with E-state index >= 15 is 0 Å². The van der Waals surface area contributed by atoms with Gasteiger partial charge in [-0.3, -0.25) is 4.98 Å². The summed E-state index contributed by atoms with van der Waals surface area (Å²) in [6, 6.07) is 10.3. The molecule has 0 spiro atoms. The van der Waals surface area contributed by atoms with Crippen molar-refractivity contribution in [1.82, 2.24) is 4.98 Å². The third-order valence-electron chi connectivity index (χ3n) is 3.96. The molecule has 0 saturated heterocycles. The Labute approximate surface area is 127 Å². The average molecular weight is 284 g/mol. The van der Waals surface area contributed by atoms with Crippen LogP contribution in [0.25, 0.3) is 0 Å². The molecule has 0 aliphatic heterocycles. The normalized spacial score (nSPS) is 11.4. The second-order valence-corrected chi connectivity index (χ2v) is 5.93. The van der Waals surface area contributed by atoms with Gasteiger partial charge >= 0.3 is 0 Å². The lowest BCUT2D eigenvalue weighted by Crippen LogP contribution is -2.14. The number of hydrogen-bond acceptors (Lipinski definition) is 3. The van der Waals surface area contributed by atoms with Gasteiger partial charge in [-0.05, 0) is 54.1 Å². The Kier molecular flexibility index (Phi) is 4.97. The number of nitrogens with two attached hydrogens (primary N) is 1. The molecular formula is C18H24N2O. The summed E-state index contributed by atoms with van der Waals surface area (Å²) in [6.45, 7) is 7.33. The molecule has 1 heterocycles. The number of benzene rings is 1. The molecular weight excluding hydrogens is 260 g/mol. The van der Waals surface area contributed by atoms with Crippen molar-refractivity contribution >= 4 is 0 Å². The van der Waals surface area contributed by atoms with Crippen LogP contribution in [0.1, 0.15) is 38.3 Å². The fourth-order valence-electron chi connectivity index (χ4n) is 2.14. The lowest BCUT2D eigenvalue weighted by molar-refractivity contribution is 0.475. The second kappa shape index (κ2) is 6.72. The molecule has 3 nitrogen and oxygen atoms in total.